The van der Waals surface area contributed by atoms with Gasteiger partial charge in [-0.05, 0) is 0 Å². The van der Waals surface area contributed by atoms with E-state index in [1.54, 1.807) is 0 Å². The highest BCUT2D eigenvalue weighted by Gasteiger charge is 1.84. The van der Waals surface area contributed by atoms with Crippen molar-refractivity contribution in [1.82, 2.24) is 0 Å². The second-order valence-corrected chi connectivity index (χ2v) is 1.21. The zero-order valence-electron chi connectivity index (χ0n) is 3.22. The van der Waals surface area contributed by atoms with Crippen molar-refractivity contribution < 1.29 is 9.59 Å². The van der Waals surface area contributed by atoms with Gasteiger partial charge in [0, 0.05) is 6.92 Å². The van der Waals surface area contributed by atoms with Crippen molar-refractivity contribution in [3.8, 4) is 0 Å². The van der Waals surface area contributed by atoms with Crippen LogP contribution in [0.15, 0.2) is 0 Å². The van der Waals surface area contributed by atoms with Crippen molar-refractivity contribution in [2.75, 3.05) is 0 Å². The molecule has 6 heavy (non-hydrogen) atoms. The normalized spacial score (nSPS) is 7.50. The fraction of sp³-hybridized carbons (Fsp3) is 0.333. The van der Waals surface area contributed by atoms with Gasteiger partial charge in [0.15, 0.2) is 5.78 Å². The molecule has 0 amide bonds. The molecule has 0 N–H and O–H groups in total. The van der Waals surface area contributed by atoms with E-state index in [0.29, 0.717) is 0 Å². The Labute approximate surface area is 40.9 Å². The zero-order chi connectivity index (χ0) is 5.15. The van der Waals surface area contributed by atoms with Crippen LogP contribution in [0.5, 0.6) is 0 Å². The Morgan fingerprint density at radius 1 is 1.50 bits per heavy atom. The van der Waals surface area contributed by atoms with Gasteiger partial charge in [-0.25, -0.2) is 0 Å². The molecule has 34 valence electrons. The van der Waals surface area contributed by atoms with E-state index >= 15 is 0 Å². The van der Waals surface area contributed by atoms with E-state index in [0.717, 1.165) is 6.92 Å². The van der Waals surface area contributed by atoms with E-state index in [2.05, 4.69) is 12.6 Å². The fourth-order valence-corrected chi connectivity index (χ4v) is 0. The number of hydrogen-bond acceptors (Lipinski definition) is 3. The molecular weight excluding hydrogens is 100 g/mol. The van der Waals surface area contributed by atoms with Crippen molar-refractivity contribution in [2.24, 2.45) is 0 Å². The third kappa shape index (κ3) is 1.84. The van der Waals surface area contributed by atoms with E-state index in [4.69, 9.17) is 0 Å². The van der Waals surface area contributed by atoms with Gasteiger partial charge in [-0.15, -0.1) is 0 Å². The van der Waals surface area contributed by atoms with Gasteiger partial charge in [-0.3, -0.25) is 4.79 Å². The van der Waals surface area contributed by atoms with Crippen LogP contribution in [0.3, 0.4) is 0 Å². The standard InChI is InChI=1S/C3H4O2S/c1-2(4)3(5)6/h1H3,(H,5,6)/p-1. The van der Waals surface area contributed by atoms with Gasteiger partial charge in [0.05, 0.1) is 5.12 Å². The minimum Gasteiger partial charge on any atom is -0.734 e. The molecule has 0 saturated heterocycles. The molecule has 0 atom stereocenters. The Balaban J connectivity index is 3.57. The summed E-state index contributed by atoms with van der Waals surface area (Å²) in [5.74, 6) is -0.565. The Morgan fingerprint density at radius 3 is 1.67 bits per heavy atom. The summed E-state index contributed by atoms with van der Waals surface area (Å²) in [6.07, 6.45) is 0. The molecule has 0 aliphatic heterocycles. The molecule has 0 rings (SSSR count). The lowest BCUT2D eigenvalue weighted by Crippen LogP contribution is -2.02. The zero-order valence-corrected chi connectivity index (χ0v) is 4.04. The lowest BCUT2D eigenvalue weighted by Gasteiger charge is -1.90. The average Bonchev–Trinajstić information content (AvgIpc) is 1.36. The lowest BCUT2D eigenvalue weighted by molar-refractivity contribution is -0.130. The van der Waals surface area contributed by atoms with Gasteiger partial charge < -0.3 is 17.4 Å². The Morgan fingerprint density at radius 2 is 1.67 bits per heavy atom. The first-order valence-corrected chi connectivity index (χ1v) is 1.77. The first-order valence-electron chi connectivity index (χ1n) is 1.36. The van der Waals surface area contributed by atoms with E-state index in [9.17, 15) is 9.59 Å². The third-order valence-electron chi connectivity index (χ3n) is 0.287. The van der Waals surface area contributed by atoms with E-state index in [1.807, 2.05) is 0 Å². The molecule has 0 aromatic rings. The van der Waals surface area contributed by atoms with Crippen molar-refractivity contribution >= 4 is 23.5 Å². The molecule has 0 aromatic carbocycles. The van der Waals surface area contributed by atoms with Crippen LogP contribution in [-0.4, -0.2) is 10.9 Å². The first kappa shape index (κ1) is 5.56. The van der Waals surface area contributed by atoms with Gasteiger partial charge in [-0.1, -0.05) is 0 Å². The monoisotopic (exact) mass is 103 g/mol. The van der Waals surface area contributed by atoms with Crippen molar-refractivity contribution in [1.29, 1.82) is 0 Å². The molecule has 0 bridgehead atoms. The number of rotatable bonds is 1. The quantitative estimate of drug-likeness (QED) is 0.336. The number of carbonyl (C=O) groups is 2. The molecule has 0 heterocycles. The molecule has 0 unspecified atom stereocenters. The van der Waals surface area contributed by atoms with E-state index in [-0.39, 0.29) is 0 Å². The summed E-state index contributed by atoms with van der Waals surface area (Å²) in [6.45, 7) is 1.15. The fourth-order valence-electron chi connectivity index (χ4n) is 0. The SMILES string of the molecule is CC(=O)C(=O)[S-]. The van der Waals surface area contributed by atoms with Gasteiger partial charge in [0.25, 0.3) is 0 Å². The van der Waals surface area contributed by atoms with Crippen LogP contribution in [0.2, 0.25) is 0 Å². The van der Waals surface area contributed by atoms with Crippen molar-refractivity contribution in [2.45, 2.75) is 6.92 Å². The maximum absolute atomic E-state index is 9.69. The highest BCUT2D eigenvalue weighted by molar-refractivity contribution is 7.79. The third-order valence-corrected chi connectivity index (χ3v) is 0.575. The molecule has 0 radical (unpaired) electrons. The molecule has 2 nitrogen and oxygen atoms in total. The minimum absolute atomic E-state index is 0.565. The summed E-state index contributed by atoms with van der Waals surface area (Å²) in [6, 6.07) is 0. The molecule has 0 saturated carbocycles. The minimum atomic E-state index is -0.796. The Hall–Kier alpha value is -0.440. The molecule has 0 aromatic heterocycles. The molecule has 0 aliphatic rings. The van der Waals surface area contributed by atoms with Crippen LogP contribution < -0.4 is 0 Å². The van der Waals surface area contributed by atoms with Crippen LogP contribution >= 0.6 is 0 Å². The average molecular weight is 103 g/mol. The van der Waals surface area contributed by atoms with Crippen LogP contribution in [-0.2, 0) is 22.2 Å². The maximum atomic E-state index is 9.69. The molecule has 0 fully saturated rings. The van der Waals surface area contributed by atoms with E-state index in [1.165, 1.54) is 0 Å². The highest BCUT2D eigenvalue weighted by atomic mass is 32.1. The van der Waals surface area contributed by atoms with Crippen LogP contribution in [0.25, 0.3) is 0 Å². The second kappa shape index (κ2) is 1.87. The molecule has 3 heteroatoms. The summed E-state index contributed by atoms with van der Waals surface area (Å²) < 4.78 is 0. The molecular formula is C3H3O2S-. The predicted molar refractivity (Wildman–Crippen MR) is 23.1 cm³/mol. The molecule has 0 spiro atoms. The number of Topliss-reactive ketones (excluding diaryl/α,β-unsaturated/α-hetero) is 1. The Bertz CT molecular complexity index is 74.8. The van der Waals surface area contributed by atoms with Gasteiger partial charge in [0.2, 0.25) is 0 Å². The number of carbonyl (C=O) groups excluding carboxylic acids is 2. The van der Waals surface area contributed by atoms with Crippen LogP contribution in [0.1, 0.15) is 6.92 Å². The van der Waals surface area contributed by atoms with Crippen molar-refractivity contribution in [3.05, 3.63) is 0 Å². The number of ketones is 1. The highest BCUT2D eigenvalue weighted by Crippen LogP contribution is 1.64. The first-order chi connectivity index (χ1) is 2.64. The lowest BCUT2D eigenvalue weighted by atomic mass is 10.5. The van der Waals surface area contributed by atoms with Crippen LogP contribution in [0.4, 0.5) is 0 Å². The van der Waals surface area contributed by atoms with Crippen molar-refractivity contribution in [3.63, 3.8) is 0 Å². The summed E-state index contributed by atoms with van der Waals surface area (Å²) in [5.41, 5.74) is 0. The summed E-state index contributed by atoms with van der Waals surface area (Å²) in [5, 5.41) is -0.796. The summed E-state index contributed by atoms with van der Waals surface area (Å²) in [4.78, 5) is 19.3. The molecule has 0 aliphatic carbocycles. The largest absolute Gasteiger partial charge is 0.734 e. The van der Waals surface area contributed by atoms with Gasteiger partial charge in [-0.2, -0.15) is 0 Å². The second-order valence-electron chi connectivity index (χ2n) is 0.844. The van der Waals surface area contributed by atoms with Gasteiger partial charge in [0.1, 0.15) is 0 Å². The van der Waals surface area contributed by atoms with E-state index < -0.39 is 10.9 Å². The Kier molecular flexibility index (Phi) is 1.73. The predicted octanol–water partition coefficient (Wildman–Crippen LogP) is -0.351. The smallest absolute Gasteiger partial charge is 0.172 e. The maximum Gasteiger partial charge on any atom is 0.172 e. The summed E-state index contributed by atoms with van der Waals surface area (Å²) in [7, 11) is 0. The number of hydrogen-bond donors (Lipinski definition) is 0. The van der Waals surface area contributed by atoms with Crippen LogP contribution in [0, 0.1) is 0 Å². The topological polar surface area (TPSA) is 34.1 Å². The van der Waals surface area contributed by atoms with Gasteiger partial charge >= 0.3 is 0 Å². The summed E-state index contributed by atoms with van der Waals surface area (Å²) >= 11 is 3.91.